The monoisotopic (exact) mass is 380 g/mol. The van der Waals surface area contributed by atoms with Gasteiger partial charge in [-0.25, -0.2) is 8.42 Å². The Morgan fingerprint density at radius 1 is 1.31 bits per heavy atom. The van der Waals surface area contributed by atoms with Crippen LogP contribution in [0.5, 0.6) is 0 Å². The Balaban J connectivity index is 1.91. The third-order valence-electron chi connectivity index (χ3n) is 4.42. The highest BCUT2D eigenvalue weighted by molar-refractivity contribution is 7.89. The largest absolute Gasteiger partial charge is 0.370 e. The zero-order chi connectivity index (χ0) is 19.2. The lowest BCUT2D eigenvalue weighted by atomic mass is 9.95. The molecule has 0 radical (unpaired) electrons. The van der Waals surface area contributed by atoms with E-state index in [9.17, 15) is 13.2 Å². The van der Waals surface area contributed by atoms with Gasteiger partial charge in [0.05, 0.1) is 5.75 Å². The van der Waals surface area contributed by atoms with Gasteiger partial charge >= 0.3 is 0 Å². The molecule has 1 saturated heterocycles. The van der Waals surface area contributed by atoms with Gasteiger partial charge in [0.2, 0.25) is 5.91 Å². The van der Waals surface area contributed by atoms with Gasteiger partial charge in [-0.15, -0.1) is 0 Å². The molecule has 1 aromatic rings. The van der Waals surface area contributed by atoms with Crippen molar-refractivity contribution in [3.05, 3.63) is 35.4 Å². The highest BCUT2D eigenvalue weighted by Crippen LogP contribution is 2.19. The molecule has 1 aromatic carbocycles. The summed E-state index contributed by atoms with van der Waals surface area (Å²) in [6.45, 7) is 2.28. The topological polar surface area (TPSA) is 105 Å². The van der Waals surface area contributed by atoms with Gasteiger partial charge in [-0.05, 0) is 29.9 Å². The van der Waals surface area contributed by atoms with E-state index in [1.165, 1.54) is 6.26 Å². The van der Waals surface area contributed by atoms with Crippen LogP contribution in [0.2, 0.25) is 0 Å². The third-order valence-corrected chi connectivity index (χ3v) is 5.28. The molecule has 0 bridgehead atoms. The number of nitrogens with zero attached hydrogens (tertiary/aromatic N) is 2. The number of amides is 1. The van der Waals surface area contributed by atoms with E-state index in [1.54, 1.807) is 7.05 Å². The van der Waals surface area contributed by atoms with Crippen molar-refractivity contribution < 1.29 is 13.2 Å². The van der Waals surface area contributed by atoms with Crippen LogP contribution < -0.4 is 11.1 Å². The zero-order valence-electron chi connectivity index (χ0n) is 15.4. The molecule has 144 valence electrons. The van der Waals surface area contributed by atoms with Crippen molar-refractivity contribution in [3.8, 4) is 0 Å². The average Bonchev–Trinajstić information content (AvgIpc) is 2.55. The summed E-state index contributed by atoms with van der Waals surface area (Å²) >= 11 is 0. The van der Waals surface area contributed by atoms with E-state index in [-0.39, 0.29) is 17.6 Å². The minimum atomic E-state index is -3.02. The van der Waals surface area contributed by atoms with Crippen molar-refractivity contribution in [3.63, 3.8) is 0 Å². The van der Waals surface area contributed by atoms with Crippen molar-refractivity contribution in [1.29, 1.82) is 0 Å². The summed E-state index contributed by atoms with van der Waals surface area (Å²) in [5, 5.41) is 3.34. The third kappa shape index (κ3) is 6.67. The van der Waals surface area contributed by atoms with Crippen LogP contribution in [0.1, 0.15) is 30.4 Å². The van der Waals surface area contributed by atoms with Crippen molar-refractivity contribution in [1.82, 2.24) is 10.2 Å². The summed E-state index contributed by atoms with van der Waals surface area (Å²) < 4.78 is 22.7. The lowest BCUT2D eigenvalue weighted by Gasteiger charge is -2.34. The van der Waals surface area contributed by atoms with Crippen LogP contribution >= 0.6 is 0 Å². The number of likely N-dealkylation sites (tertiary alicyclic amines) is 1. The SMILES string of the molecule is CN=C(NCc1ccc(CS(C)(=O)=O)cc1)N1CCCC(CC(N)=O)C1. The van der Waals surface area contributed by atoms with E-state index in [2.05, 4.69) is 15.2 Å². The predicted octanol–water partition coefficient (Wildman–Crippen LogP) is 0.894. The molecule has 0 aliphatic carbocycles. The summed E-state index contributed by atoms with van der Waals surface area (Å²) in [4.78, 5) is 17.7. The fourth-order valence-corrected chi connectivity index (χ4v) is 4.08. The molecule has 1 aliphatic rings. The molecule has 1 heterocycles. The van der Waals surface area contributed by atoms with Gasteiger partial charge < -0.3 is 16.0 Å². The molecule has 0 spiro atoms. The van der Waals surface area contributed by atoms with Gasteiger partial charge in [0.1, 0.15) is 0 Å². The second-order valence-corrected chi connectivity index (χ2v) is 9.05. The first-order valence-corrected chi connectivity index (χ1v) is 10.8. The molecule has 2 rings (SSSR count). The fourth-order valence-electron chi connectivity index (χ4n) is 3.28. The maximum Gasteiger partial charge on any atom is 0.217 e. The van der Waals surface area contributed by atoms with Crippen LogP contribution in [0.4, 0.5) is 0 Å². The predicted molar refractivity (Wildman–Crippen MR) is 103 cm³/mol. The molecule has 1 fully saturated rings. The van der Waals surface area contributed by atoms with Gasteiger partial charge in [-0.3, -0.25) is 9.79 Å². The van der Waals surface area contributed by atoms with Crippen LogP contribution in [0, 0.1) is 5.92 Å². The van der Waals surface area contributed by atoms with Crippen molar-refractivity contribution in [2.24, 2.45) is 16.6 Å². The Bertz CT molecular complexity index is 744. The van der Waals surface area contributed by atoms with E-state index in [0.717, 1.165) is 43.0 Å². The molecule has 0 saturated carbocycles. The number of carbonyl (C=O) groups is 1. The molecule has 1 aliphatic heterocycles. The van der Waals surface area contributed by atoms with Crippen LogP contribution in [0.3, 0.4) is 0 Å². The Labute approximate surface area is 155 Å². The number of primary amides is 1. The van der Waals surface area contributed by atoms with Gasteiger partial charge in [-0.2, -0.15) is 0 Å². The van der Waals surface area contributed by atoms with Crippen LogP contribution in [0.25, 0.3) is 0 Å². The lowest BCUT2D eigenvalue weighted by molar-refractivity contribution is -0.119. The number of rotatable bonds is 6. The number of piperidine rings is 1. The summed E-state index contributed by atoms with van der Waals surface area (Å²) in [6, 6.07) is 7.52. The fraction of sp³-hybridized carbons (Fsp3) is 0.556. The zero-order valence-corrected chi connectivity index (χ0v) is 16.3. The van der Waals surface area contributed by atoms with Crippen LogP contribution in [0.15, 0.2) is 29.3 Å². The van der Waals surface area contributed by atoms with E-state index in [4.69, 9.17) is 5.73 Å². The van der Waals surface area contributed by atoms with E-state index >= 15 is 0 Å². The number of carbonyl (C=O) groups excluding carboxylic acids is 1. The number of guanidine groups is 1. The summed E-state index contributed by atoms with van der Waals surface area (Å²) in [7, 11) is -1.28. The smallest absolute Gasteiger partial charge is 0.217 e. The van der Waals surface area contributed by atoms with Gasteiger partial charge in [0.25, 0.3) is 0 Å². The second-order valence-electron chi connectivity index (χ2n) is 6.91. The van der Waals surface area contributed by atoms with Gasteiger partial charge in [-0.1, -0.05) is 24.3 Å². The van der Waals surface area contributed by atoms with Crippen molar-refractivity contribution in [2.45, 2.75) is 31.6 Å². The molecule has 1 amide bonds. The van der Waals surface area contributed by atoms with E-state index in [1.807, 2.05) is 24.3 Å². The summed E-state index contributed by atoms with van der Waals surface area (Å²) in [6.07, 6.45) is 3.67. The van der Waals surface area contributed by atoms with Crippen molar-refractivity contribution >= 4 is 21.7 Å². The van der Waals surface area contributed by atoms with Crippen LogP contribution in [-0.2, 0) is 26.9 Å². The highest BCUT2D eigenvalue weighted by atomic mass is 32.2. The van der Waals surface area contributed by atoms with Gasteiger partial charge in [0.15, 0.2) is 15.8 Å². The standard InChI is InChI=1S/C18H28N4O3S/c1-20-18(22-9-3-4-16(12-22)10-17(19)23)21-11-14-5-7-15(8-6-14)13-26(2,24)25/h5-8,16H,3-4,9-13H2,1-2H3,(H2,19,23)(H,20,21). The second kappa shape index (κ2) is 9.02. The Morgan fingerprint density at radius 3 is 2.54 bits per heavy atom. The van der Waals surface area contributed by atoms with Crippen molar-refractivity contribution in [2.75, 3.05) is 26.4 Å². The molecule has 0 aromatic heterocycles. The normalized spacial score (nSPS) is 18.6. The summed E-state index contributed by atoms with van der Waals surface area (Å²) in [5.74, 6) is 0.876. The molecule has 3 N–H and O–H groups in total. The quantitative estimate of drug-likeness (QED) is 0.563. The first-order chi connectivity index (χ1) is 12.3. The molecule has 8 heteroatoms. The number of hydrogen-bond acceptors (Lipinski definition) is 4. The molecular formula is C18H28N4O3S. The number of aliphatic imine (C=N–C) groups is 1. The number of hydrogen-bond donors (Lipinski definition) is 2. The first-order valence-electron chi connectivity index (χ1n) is 8.76. The van der Waals surface area contributed by atoms with Gasteiger partial charge in [0, 0.05) is 39.4 Å². The number of nitrogens with one attached hydrogen (secondary N) is 1. The Morgan fingerprint density at radius 2 is 1.96 bits per heavy atom. The molecule has 1 atom stereocenters. The Hall–Kier alpha value is -2.09. The van der Waals surface area contributed by atoms with Crippen LogP contribution in [-0.4, -0.2) is 51.6 Å². The maximum atomic E-state index is 11.3. The molecule has 7 nitrogen and oxygen atoms in total. The minimum absolute atomic E-state index is 0.0530. The number of nitrogens with two attached hydrogens (primary N) is 1. The summed E-state index contributed by atoms with van der Waals surface area (Å²) in [5.41, 5.74) is 7.15. The first kappa shape index (κ1) is 20.2. The highest BCUT2D eigenvalue weighted by Gasteiger charge is 2.23. The molecule has 26 heavy (non-hydrogen) atoms. The number of sulfone groups is 1. The lowest BCUT2D eigenvalue weighted by Crippen LogP contribution is -2.46. The average molecular weight is 381 g/mol. The Kier molecular flexibility index (Phi) is 7.02. The molecule has 1 unspecified atom stereocenters. The minimum Gasteiger partial charge on any atom is -0.370 e. The van der Waals surface area contributed by atoms with E-state index < -0.39 is 9.84 Å². The van der Waals surface area contributed by atoms with E-state index in [0.29, 0.717) is 13.0 Å². The number of benzene rings is 1. The molecular weight excluding hydrogens is 352 g/mol. The maximum absolute atomic E-state index is 11.3.